The molecule has 1 aromatic carbocycles. The lowest BCUT2D eigenvalue weighted by Gasteiger charge is -2.26. The molecule has 0 spiro atoms. The van der Waals surface area contributed by atoms with Gasteiger partial charge in [0.05, 0.1) is 29.2 Å². The number of morpholine rings is 1. The van der Waals surface area contributed by atoms with Crippen LogP contribution in [0.3, 0.4) is 0 Å². The summed E-state index contributed by atoms with van der Waals surface area (Å²) in [5.41, 5.74) is 0.845. The molecule has 1 aliphatic heterocycles. The van der Waals surface area contributed by atoms with Gasteiger partial charge in [0, 0.05) is 29.6 Å². The van der Waals surface area contributed by atoms with E-state index in [0.29, 0.717) is 29.8 Å². The summed E-state index contributed by atoms with van der Waals surface area (Å²) in [6.45, 7) is 7.12. The van der Waals surface area contributed by atoms with Gasteiger partial charge in [-0.15, -0.1) is 0 Å². The monoisotopic (exact) mass is 378 g/mol. The zero-order valence-electron chi connectivity index (χ0n) is 15.0. The molecule has 1 saturated heterocycles. The number of pyridine rings is 1. The van der Waals surface area contributed by atoms with Crippen molar-refractivity contribution >= 4 is 26.9 Å². The number of aromatic nitrogens is 1. The van der Waals surface area contributed by atoms with Gasteiger partial charge in [-0.05, 0) is 24.3 Å². The first kappa shape index (κ1) is 18.8. The van der Waals surface area contributed by atoms with E-state index in [1.165, 1.54) is 22.5 Å². The molecular weight excluding hydrogens is 356 g/mol. The van der Waals surface area contributed by atoms with Gasteiger partial charge in [-0.1, -0.05) is 20.8 Å². The number of hydrogen-bond donors (Lipinski definition) is 1. The molecule has 1 aliphatic rings. The van der Waals surface area contributed by atoms with Crippen LogP contribution in [0, 0.1) is 0 Å². The first-order valence-electron chi connectivity index (χ1n) is 8.37. The Morgan fingerprint density at radius 3 is 2.42 bits per heavy atom. The molecule has 0 atom stereocenters. The van der Waals surface area contributed by atoms with Gasteiger partial charge in [0.1, 0.15) is 0 Å². The van der Waals surface area contributed by atoms with Gasteiger partial charge < -0.3 is 9.84 Å². The highest BCUT2D eigenvalue weighted by Gasteiger charge is 2.27. The number of hydrogen-bond acceptors (Lipinski definition) is 5. The summed E-state index contributed by atoms with van der Waals surface area (Å²) in [5.74, 6) is -1.11. The highest BCUT2D eigenvalue weighted by atomic mass is 32.2. The summed E-state index contributed by atoms with van der Waals surface area (Å²) in [6, 6.07) is 5.99. The molecule has 2 aromatic rings. The number of fused-ring (bicyclic) bond motifs is 1. The van der Waals surface area contributed by atoms with Crippen LogP contribution in [-0.4, -0.2) is 55.1 Å². The Labute approximate surface area is 152 Å². The summed E-state index contributed by atoms with van der Waals surface area (Å²) in [6.07, 6.45) is 0. The minimum atomic E-state index is -3.70. The van der Waals surface area contributed by atoms with E-state index in [4.69, 9.17) is 4.74 Å². The van der Waals surface area contributed by atoms with Crippen LogP contribution in [0.4, 0.5) is 0 Å². The Morgan fingerprint density at radius 2 is 1.85 bits per heavy atom. The maximum Gasteiger partial charge on any atom is 0.336 e. The van der Waals surface area contributed by atoms with Crippen molar-refractivity contribution in [1.29, 1.82) is 0 Å². The van der Waals surface area contributed by atoms with Crippen LogP contribution in [0.5, 0.6) is 0 Å². The van der Waals surface area contributed by atoms with E-state index in [2.05, 4.69) is 4.98 Å². The Hall–Kier alpha value is -2.03. The summed E-state index contributed by atoms with van der Waals surface area (Å²) < 4.78 is 32.2. The average molecular weight is 378 g/mol. The predicted molar refractivity (Wildman–Crippen MR) is 97.0 cm³/mol. The average Bonchev–Trinajstić information content (AvgIpc) is 2.60. The maximum atomic E-state index is 12.8. The van der Waals surface area contributed by atoms with Crippen molar-refractivity contribution in [2.75, 3.05) is 26.3 Å². The summed E-state index contributed by atoms with van der Waals surface area (Å²) >= 11 is 0. The van der Waals surface area contributed by atoms with Crippen molar-refractivity contribution in [1.82, 2.24) is 9.29 Å². The Bertz CT molecular complexity index is 957. The molecular formula is C18H22N2O5S. The number of sulfonamides is 1. The maximum absolute atomic E-state index is 12.8. The number of rotatable bonds is 3. The lowest BCUT2D eigenvalue weighted by atomic mass is 9.90. The first-order valence-corrected chi connectivity index (χ1v) is 9.81. The van der Waals surface area contributed by atoms with Crippen molar-refractivity contribution in [2.45, 2.75) is 31.1 Å². The van der Waals surface area contributed by atoms with Crippen LogP contribution >= 0.6 is 0 Å². The lowest BCUT2D eigenvalue weighted by molar-refractivity contribution is 0.0698. The van der Waals surface area contributed by atoms with Gasteiger partial charge in [-0.3, -0.25) is 4.98 Å². The van der Waals surface area contributed by atoms with E-state index in [1.54, 1.807) is 6.07 Å². The molecule has 1 aromatic heterocycles. The molecule has 0 saturated carbocycles. The number of carboxylic acid groups (broad SMARTS) is 1. The number of carbonyl (C=O) groups is 1. The number of benzene rings is 1. The number of carboxylic acids is 1. The fourth-order valence-corrected chi connectivity index (χ4v) is 4.30. The van der Waals surface area contributed by atoms with Crippen molar-refractivity contribution in [2.24, 2.45) is 0 Å². The third-order valence-corrected chi connectivity index (χ3v) is 6.28. The van der Waals surface area contributed by atoms with Gasteiger partial charge in [-0.25, -0.2) is 13.2 Å². The molecule has 1 N–H and O–H groups in total. The van der Waals surface area contributed by atoms with Crippen molar-refractivity contribution in [3.63, 3.8) is 0 Å². The molecule has 7 nitrogen and oxygen atoms in total. The standard InChI is InChI=1S/C18H22N2O5S/c1-18(2,3)16-11-14(17(21)22)13-10-12(4-5-15(13)19-16)26(23,24)20-6-8-25-9-7-20/h4-5,10-11H,6-9H2,1-3H3,(H,21,22). The number of aromatic carboxylic acids is 1. The van der Waals surface area contributed by atoms with E-state index in [9.17, 15) is 18.3 Å². The van der Waals surface area contributed by atoms with Gasteiger partial charge in [0.15, 0.2) is 0 Å². The van der Waals surface area contributed by atoms with E-state index < -0.39 is 16.0 Å². The van der Waals surface area contributed by atoms with E-state index in [1.807, 2.05) is 20.8 Å². The molecule has 0 amide bonds. The van der Waals surface area contributed by atoms with Gasteiger partial charge >= 0.3 is 5.97 Å². The second-order valence-corrected chi connectivity index (χ2v) is 9.24. The number of ether oxygens (including phenoxy) is 1. The third-order valence-electron chi connectivity index (χ3n) is 4.39. The Balaban J connectivity index is 2.16. The zero-order chi connectivity index (χ0) is 19.1. The molecule has 0 unspecified atom stereocenters. The SMILES string of the molecule is CC(C)(C)c1cc(C(=O)O)c2cc(S(=O)(=O)N3CCOCC3)ccc2n1. The normalized spacial score (nSPS) is 16.7. The molecule has 26 heavy (non-hydrogen) atoms. The molecule has 0 aliphatic carbocycles. The topological polar surface area (TPSA) is 96.8 Å². The fourth-order valence-electron chi connectivity index (χ4n) is 2.86. The second kappa shape index (κ2) is 6.61. The van der Waals surface area contributed by atoms with Crippen LogP contribution in [0.1, 0.15) is 36.8 Å². The Kier molecular flexibility index (Phi) is 4.76. The fraction of sp³-hybridized carbons (Fsp3) is 0.444. The van der Waals surface area contributed by atoms with Crippen LogP contribution in [0.15, 0.2) is 29.2 Å². The van der Waals surface area contributed by atoms with Crippen LogP contribution in [0.25, 0.3) is 10.9 Å². The summed E-state index contributed by atoms with van der Waals surface area (Å²) in [4.78, 5) is 16.4. The molecule has 3 rings (SSSR count). The smallest absolute Gasteiger partial charge is 0.336 e. The predicted octanol–water partition coefficient (Wildman–Crippen LogP) is 2.25. The largest absolute Gasteiger partial charge is 0.478 e. The number of nitrogens with zero attached hydrogens (tertiary/aromatic N) is 2. The molecule has 140 valence electrons. The summed E-state index contributed by atoms with van der Waals surface area (Å²) in [5, 5.41) is 9.93. The van der Waals surface area contributed by atoms with Crippen molar-refractivity contribution in [3.05, 3.63) is 35.5 Å². The minimum Gasteiger partial charge on any atom is -0.478 e. The highest BCUT2D eigenvalue weighted by Crippen LogP contribution is 2.29. The molecule has 0 radical (unpaired) electrons. The van der Waals surface area contributed by atoms with Crippen LogP contribution in [0.2, 0.25) is 0 Å². The van der Waals surface area contributed by atoms with Gasteiger partial charge in [0.2, 0.25) is 10.0 Å². The highest BCUT2D eigenvalue weighted by molar-refractivity contribution is 7.89. The lowest BCUT2D eigenvalue weighted by Crippen LogP contribution is -2.40. The Morgan fingerprint density at radius 1 is 1.19 bits per heavy atom. The van der Waals surface area contributed by atoms with E-state index in [-0.39, 0.29) is 29.0 Å². The molecule has 8 heteroatoms. The quantitative estimate of drug-likeness (QED) is 0.880. The minimum absolute atomic E-state index is 0.0546. The van der Waals surface area contributed by atoms with E-state index >= 15 is 0 Å². The molecule has 2 heterocycles. The zero-order valence-corrected chi connectivity index (χ0v) is 15.8. The second-order valence-electron chi connectivity index (χ2n) is 7.31. The van der Waals surface area contributed by atoms with Crippen LogP contribution in [-0.2, 0) is 20.2 Å². The third kappa shape index (κ3) is 3.44. The molecule has 1 fully saturated rings. The van der Waals surface area contributed by atoms with Gasteiger partial charge in [0.25, 0.3) is 0 Å². The summed E-state index contributed by atoms with van der Waals surface area (Å²) in [7, 11) is -3.70. The van der Waals surface area contributed by atoms with Gasteiger partial charge in [-0.2, -0.15) is 4.31 Å². The molecule has 0 bridgehead atoms. The van der Waals surface area contributed by atoms with Crippen molar-refractivity contribution < 1.29 is 23.1 Å². The van der Waals surface area contributed by atoms with E-state index in [0.717, 1.165) is 0 Å². The van der Waals surface area contributed by atoms with Crippen molar-refractivity contribution in [3.8, 4) is 0 Å². The van der Waals surface area contributed by atoms with Crippen LogP contribution < -0.4 is 0 Å². The first-order chi connectivity index (χ1) is 12.1.